The van der Waals surface area contributed by atoms with E-state index in [0.717, 1.165) is 60.8 Å². The fourth-order valence-electron chi connectivity index (χ4n) is 3.62. The van der Waals surface area contributed by atoms with Crippen LogP contribution in [0.3, 0.4) is 0 Å². The number of rotatable bonds is 11. The van der Waals surface area contributed by atoms with Crippen LogP contribution in [-0.4, -0.2) is 35.7 Å². The minimum absolute atomic E-state index is 0.328. The standard InChI is InChI=1S/C26H36N2O2/c1-5-9-19-13-21(7-3)25(29)23(15-19)17-27-11-12-28-18-24-16-20(10-6-2)14-22(8-4)26(24)30/h13-18,29-30H,5-12H2,1-4H3. The van der Waals surface area contributed by atoms with Crippen molar-refractivity contribution in [2.24, 2.45) is 9.98 Å². The first kappa shape index (κ1) is 23.7. The van der Waals surface area contributed by atoms with Gasteiger partial charge in [-0.1, -0.05) is 52.7 Å². The van der Waals surface area contributed by atoms with Crippen molar-refractivity contribution < 1.29 is 10.2 Å². The van der Waals surface area contributed by atoms with Gasteiger partial charge >= 0.3 is 0 Å². The van der Waals surface area contributed by atoms with Gasteiger partial charge in [0.05, 0.1) is 13.1 Å². The fourth-order valence-corrected chi connectivity index (χ4v) is 3.62. The number of nitrogens with zero attached hydrogens (tertiary/aromatic N) is 2. The lowest BCUT2D eigenvalue weighted by molar-refractivity contribution is 0.467. The molecule has 2 aromatic rings. The number of aryl methyl sites for hydroxylation is 4. The van der Waals surface area contributed by atoms with Gasteiger partial charge in [-0.3, -0.25) is 9.98 Å². The summed E-state index contributed by atoms with van der Waals surface area (Å²) in [6.45, 7) is 9.48. The third-order valence-electron chi connectivity index (χ3n) is 5.21. The molecule has 0 heterocycles. The van der Waals surface area contributed by atoms with Gasteiger partial charge in [-0.15, -0.1) is 0 Å². The molecule has 0 amide bonds. The number of aliphatic imine (C=N–C) groups is 2. The van der Waals surface area contributed by atoms with Crippen molar-refractivity contribution in [1.29, 1.82) is 0 Å². The highest BCUT2D eigenvalue weighted by Crippen LogP contribution is 2.26. The molecule has 0 saturated heterocycles. The first-order chi connectivity index (χ1) is 14.5. The predicted molar refractivity (Wildman–Crippen MR) is 128 cm³/mol. The van der Waals surface area contributed by atoms with Crippen LogP contribution < -0.4 is 0 Å². The van der Waals surface area contributed by atoms with Crippen LogP contribution in [0.2, 0.25) is 0 Å². The summed E-state index contributed by atoms with van der Waals surface area (Å²) in [5, 5.41) is 20.9. The number of hydrogen-bond donors (Lipinski definition) is 2. The second-order valence-corrected chi connectivity index (χ2v) is 7.66. The van der Waals surface area contributed by atoms with Crippen molar-refractivity contribution in [3.05, 3.63) is 57.6 Å². The minimum atomic E-state index is 0.328. The quantitative estimate of drug-likeness (QED) is 0.372. The Morgan fingerprint density at radius 2 is 1.07 bits per heavy atom. The average molecular weight is 409 g/mol. The highest BCUT2D eigenvalue weighted by Gasteiger charge is 2.08. The van der Waals surface area contributed by atoms with Crippen molar-refractivity contribution in [2.75, 3.05) is 13.1 Å². The van der Waals surface area contributed by atoms with E-state index in [9.17, 15) is 10.2 Å². The maximum Gasteiger partial charge on any atom is 0.127 e. The molecule has 0 radical (unpaired) electrons. The second kappa shape index (κ2) is 12.2. The summed E-state index contributed by atoms with van der Waals surface area (Å²) < 4.78 is 0. The lowest BCUT2D eigenvalue weighted by Gasteiger charge is -2.09. The van der Waals surface area contributed by atoms with E-state index in [2.05, 4.69) is 49.8 Å². The summed E-state index contributed by atoms with van der Waals surface area (Å²) in [6.07, 6.45) is 9.24. The molecule has 4 heteroatoms. The molecular weight excluding hydrogens is 372 g/mol. The zero-order valence-corrected chi connectivity index (χ0v) is 18.9. The van der Waals surface area contributed by atoms with Gasteiger partial charge in [-0.25, -0.2) is 0 Å². The SMILES string of the molecule is CCCc1cc(C=NCCN=Cc2cc(CCC)cc(CC)c2O)c(O)c(CC)c1. The van der Waals surface area contributed by atoms with Crippen LogP contribution in [0.4, 0.5) is 0 Å². The molecule has 4 nitrogen and oxygen atoms in total. The molecule has 0 bridgehead atoms. The zero-order valence-electron chi connectivity index (χ0n) is 18.9. The Morgan fingerprint density at radius 3 is 1.40 bits per heavy atom. The molecule has 2 rings (SSSR count). The van der Waals surface area contributed by atoms with Crippen LogP contribution in [-0.2, 0) is 25.7 Å². The Bertz CT molecular complexity index is 812. The predicted octanol–water partition coefficient (Wildman–Crippen LogP) is 5.67. The van der Waals surface area contributed by atoms with Crippen molar-refractivity contribution in [1.82, 2.24) is 0 Å². The molecule has 0 aromatic heterocycles. The maximum absolute atomic E-state index is 10.4. The molecule has 0 fully saturated rings. The first-order valence-corrected chi connectivity index (χ1v) is 11.2. The van der Waals surface area contributed by atoms with Gasteiger partial charge in [0.1, 0.15) is 11.5 Å². The number of hydrogen-bond acceptors (Lipinski definition) is 4. The Kier molecular flexibility index (Phi) is 9.59. The van der Waals surface area contributed by atoms with Crippen LogP contribution in [0.5, 0.6) is 11.5 Å². The Balaban J connectivity index is 2.04. The molecule has 0 aliphatic carbocycles. The van der Waals surface area contributed by atoms with Gasteiger partial charge < -0.3 is 10.2 Å². The van der Waals surface area contributed by atoms with E-state index >= 15 is 0 Å². The second-order valence-electron chi connectivity index (χ2n) is 7.66. The van der Waals surface area contributed by atoms with Gasteiger partial charge in [-0.05, 0) is 60.1 Å². The van der Waals surface area contributed by atoms with E-state index in [1.807, 2.05) is 12.1 Å². The highest BCUT2D eigenvalue weighted by molar-refractivity contribution is 5.85. The third kappa shape index (κ3) is 6.45. The summed E-state index contributed by atoms with van der Waals surface area (Å²) in [4.78, 5) is 8.90. The molecular formula is C26H36N2O2. The van der Waals surface area contributed by atoms with E-state index in [1.54, 1.807) is 12.4 Å². The van der Waals surface area contributed by atoms with Crippen LogP contribution in [0.25, 0.3) is 0 Å². The van der Waals surface area contributed by atoms with E-state index in [0.29, 0.717) is 24.6 Å². The number of aromatic hydroxyl groups is 2. The summed E-state index contributed by atoms with van der Waals surface area (Å²) in [5.74, 6) is 0.656. The van der Waals surface area contributed by atoms with Gasteiger partial charge in [0.15, 0.2) is 0 Å². The van der Waals surface area contributed by atoms with E-state index in [1.165, 1.54) is 11.1 Å². The summed E-state index contributed by atoms with van der Waals surface area (Å²) >= 11 is 0. The minimum Gasteiger partial charge on any atom is -0.507 e. The fraction of sp³-hybridized carbons (Fsp3) is 0.462. The van der Waals surface area contributed by atoms with Crippen molar-refractivity contribution in [3.63, 3.8) is 0 Å². The average Bonchev–Trinajstić information content (AvgIpc) is 2.74. The summed E-state index contributed by atoms with van der Waals surface area (Å²) in [5.41, 5.74) is 5.96. The molecule has 0 aliphatic heterocycles. The van der Waals surface area contributed by atoms with Gasteiger partial charge in [0.2, 0.25) is 0 Å². The van der Waals surface area contributed by atoms with E-state index in [-0.39, 0.29) is 0 Å². The smallest absolute Gasteiger partial charge is 0.127 e. The van der Waals surface area contributed by atoms with Gasteiger partial charge in [0, 0.05) is 23.6 Å². The number of phenolic OH excluding ortho intramolecular Hbond substituents is 2. The zero-order chi connectivity index (χ0) is 21.9. The molecule has 162 valence electrons. The highest BCUT2D eigenvalue weighted by atomic mass is 16.3. The van der Waals surface area contributed by atoms with Crippen LogP contribution in [0.15, 0.2) is 34.3 Å². The molecule has 0 aliphatic rings. The molecule has 2 aromatic carbocycles. The maximum atomic E-state index is 10.4. The Morgan fingerprint density at radius 1 is 0.667 bits per heavy atom. The van der Waals surface area contributed by atoms with Crippen LogP contribution in [0, 0.1) is 0 Å². The number of benzene rings is 2. The Hall–Kier alpha value is -2.62. The third-order valence-corrected chi connectivity index (χ3v) is 5.21. The summed E-state index contributed by atoms with van der Waals surface area (Å²) in [6, 6.07) is 8.22. The van der Waals surface area contributed by atoms with Gasteiger partial charge in [0.25, 0.3) is 0 Å². The molecule has 30 heavy (non-hydrogen) atoms. The largest absolute Gasteiger partial charge is 0.507 e. The number of phenols is 2. The molecule has 0 saturated carbocycles. The first-order valence-electron chi connectivity index (χ1n) is 11.2. The van der Waals surface area contributed by atoms with Crippen molar-refractivity contribution in [3.8, 4) is 11.5 Å². The lowest BCUT2D eigenvalue weighted by atomic mass is 10.00. The molecule has 0 unspecified atom stereocenters. The van der Waals surface area contributed by atoms with Crippen LogP contribution in [0.1, 0.15) is 73.9 Å². The molecule has 0 spiro atoms. The summed E-state index contributed by atoms with van der Waals surface area (Å²) in [7, 11) is 0. The molecule has 2 N–H and O–H groups in total. The van der Waals surface area contributed by atoms with Gasteiger partial charge in [-0.2, -0.15) is 0 Å². The van der Waals surface area contributed by atoms with E-state index < -0.39 is 0 Å². The normalized spacial score (nSPS) is 11.7. The van der Waals surface area contributed by atoms with E-state index in [4.69, 9.17) is 0 Å². The van der Waals surface area contributed by atoms with Crippen molar-refractivity contribution >= 4 is 12.4 Å². The Labute approximate surface area is 181 Å². The van der Waals surface area contributed by atoms with Crippen LogP contribution >= 0.6 is 0 Å². The van der Waals surface area contributed by atoms with Crippen molar-refractivity contribution in [2.45, 2.75) is 66.2 Å². The molecule has 0 atom stereocenters. The lowest BCUT2D eigenvalue weighted by Crippen LogP contribution is -1.97. The topological polar surface area (TPSA) is 65.2 Å². The monoisotopic (exact) mass is 408 g/mol.